The highest BCUT2D eigenvalue weighted by Crippen LogP contribution is 2.32. The molecule has 0 aromatic carbocycles. The van der Waals surface area contributed by atoms with Gasteiger partial charge >= 0.3 is 5.00 Å². The lowest BCUT2D eigenvalue weighted by Crippen LogP contribution is -2.10. The van der Waals surface area contributed by atoms with Crippen LogP contribution in [0.25, 0.3) is 0 Å². The molecule has 1 aliphatic rings. The van der Waals surface area contributed by atoms with Gasteiger partial charge in [0.25, 0.3) is 0 Å². The van der Waals surface area contributed by atoms with Crippen molar-refractivity contribution in [3.63, 3.8) is 0 Å². The van der Waals surface area contributed by atoms with E-state index in [0.29, 0.717) is 5.56 Å². The molecule has 78 valence electrons. The van der Waals surface area contributed by atoms with Gasteiger partial charge in [-0.3, -0.25) is 14.9 Å². The van der Waals surface area contributed by atoms with Crippen LogP contribution in [0, 0.1) is 10.1 Å². The predicted octanol–water partition coefficient (Wildman–Crippen LogP) is 2.20. The van der Waals surface area contributed by atoms with Crippen molar-refractivity contribution in [1.82, 2.24) is 0 Å². The van der Waals surface area contributed by atoms with Crippen LogP contribution in [-0.2, 0) is 9.53 Å². The molecule has 0 aliphatic carbocycles. The van der Waals surface area contributed by atoms with Crippen LogP contribution in [0.3, 0.4) is 0 Å². The second-order valence-corrected chi connectivity index (χ2v) is 3.96. The van der Waals surface area contributed by atoms with Gasteiger partial charge in [-0.05, 0) is 0 Å². The highest BCUT2D eigenvalue weighted by molar-refractivity contribution is 7.13. The fraction of sp³-hybridized carbons (Fsp3) is 0.222. The molecular weight excluding hydrogens is 218 g/mol. The van der Waals surface area contributed by atoms with Crippen LogP contribution in [0.15, 0.2) is 23.8 Å². The Morgan fingerprint density at radius 1 is 1.60 bits per heavy atom. The van der Waals surface area contributed by atoms with Crippen molar-refractivity contribution < 1.29 is 14.5 Å². The van der Waals surface area contributed by atoms with E-state index >= 15 is 0 Å². The van der Waals surface area contributed by atoms with Crippen LogP contribution in [0.1, 0.15) is 18.1 Å². The molecule has 1 atom stereocenters. The van der Waals surface area contributed by atoms with E-state index in [1.54, 1.807) is 5.38 Å². The van der Waals surface area contributed by atoms with E-state index in [1.807, 2.05) is 0 Å². The summed E-state index contributed by atoms with van der Waals surface area (Å²) in [7, 11) is 0. The molecular formula is C9H7NO4S. The quantitative estimate of drug-likeness (QED) is 0.571. The van der Waals surface area contributed by atoms with Crippen LogP contribution in [0.5, 0.6) is 0 Å². The standard InChI is InChI=1S/C9H7NO4S/c11-7-1-2-14-8(4-7)6-3-9(10(12)13)15-5-6/h1-3,5,8H,4H2. The molecule has 0 amide bonds. The minimum atomic E-state index is -0.450. The zero-order valence-corrected chi connectivity index (χ0v) is 8.40. The number of thiophene rings is 1. The van der Waals surface area contributed by atoms with Crippen LogP contribution in [0.4, 0.5) is 5.00 Å². The normalized spacial score (nSPS) is 20.0. The maximum Gasteiger partial charge on any atom is 0.324 e. The molecule has 0 fully saturated rings. The number of ketones is 1. The van der Waals surface area contributed by atoms with E-state index in [1.165, 1.54) is 18.4 Å². The Labute approximate surface area is 89.1 Å². The molecule has 1 aromatic heterocycles. The Hall–Kier alpha value is -1.69. The van der Waals surface area contributed by atoms with Crippen molar-refractivity contribution >= 4 is 22.1 Å². The van der Waals surface area contributed by atoms with E-state index in [4.69, 9.17) is 4.74 Å². The van der Waals surface area contributed by atoms with Crippen molar-refractivity contribution in [2.24, 2.45) is 0 Å². The number of hydrogen-bond donors (Lipinski definition) is 0. The SMILES string of the molecule is O=C1C=COC(c2csc([N+](=O)[O-])c2)C1. The molecule has 6 heteroatoms. The van der Waals surface area contributed by atoms with Gasteiger partial charge in [0.05, 0.1) is 17.6 Å². The van der Waals surface area contributed by atoms with Crippen LogP contribution < -0.4 is 0 Å². The maximum absolute atomic E-state index is 11.1. The first kappa shape index (κ1) is 9.85. The summed E-state index contributed by atoms with van der Waals surface area (Å²) in [6, 6.07) is 1.45. The minimum absolute atomic E-state index is 0.0277. The maximum atomic E-state index is 11.1. The fourth-order valence-electron chi connectivity index (χ4n) is 1.31. The molecule has 0 saturated carbocycles. The largest absolute Gasteiger partial charge is 0.493 e. The second-order valence-electron chi connectivity index (χ2n) is 3.07. The molecule has 1 aromatic rings. The number of allylic oxidation sites excluding steroid dienone is 1. The van der Waals surface area contributed by atoms with Crippen LogP contribution in [0.2, 0.25) is 0 Å². The van der Waals surface area contributed by atoms with Crippen LogP contribution in [-0.4, -0.2) is 10.7 Å². The molecule has 15 heavy (non-hydrogen) atoms. The van der Waals surface area contributed by atoms with E-state index < -0.39 is 4.92 Å². The lowest BCUT2D eigenvalue weighted by Gasteiger charge is -2.16. The third-order valence-corrected chi connectivity index (χ3v) is 2.94. The molecule has 2 heterocycles. The van der Waals surface area contributed by atoms with Gasteiger partial charge in [-0.25, -0.2) is 0 Å². The van der Waals surface area contributed by atoms with Crippen molar-refractivity contribution in [2.45, 2.75) is 12.5 Å². The lowest BCUT2D eigenvalue weighted by atomic mass is 10.1. The van der Waals surface area contributed by atoms with E-state index in [9.17, 15) is 14.9 Å². The summed E-state index contributed by atoms with van der Waals surface area (Å²) in [6.07, 6.45) is 2.55. The molecule has 0 saturated heterocycles. The summed E-state index contributed by atoms with van der Waals surface area (Å²) in [4.78, 5) is 21.1. The number of nitrogens with zero attached hydrogens (tertiary/aromatic N) is 1. The first-order valence-corrected chi connectivity index (χ1v) is 5.12. The minimum Gasteiger partial charge on any atom is -0.493 e. The molecule has 1 aliphatic heterocycles. The monoisotopic (exact) mass is 225 g/mol. The Morgan fingerprint density at radius 2 is 2.40 bits per heavy atom. The van der Waals surface area contributed by atoms with E-state index in [2.05, 4.69) is 0 Å². The van der Waals surface area contributed by atoms with Crippen LogP contribution >= 0.6 is 11.3 Å². The first-order chi connectivity index (χ1) is 7.16. The molecule has 0 spiro atoms. The smallest absolute Gasteiger partial charge is 0.324 e. The number of nitro groups is 1. The first-order valence-electron chi connectivity index (χ1n) is 4.24. The Kier molecular flexibility index (Phi) is 2.51. The summed E-state index contributed by atoms with van der Waals surface area (Å²) in [5, 5.41) is 12.2. The molecule has 1 unspecified atom stereocenters. The van der Waals surface area contributed by atoms with Gasteiger partial charge in [0.1, 0.15) is 6.10 Å². The Bertz CT molecular complexity index is 437. The zero-order valence-electron chi connectivity index (χ0n) is 7.58. The molecule has 0 radical (unpaired) electrons. The van der Waals surface area contributed by atoms with Gasteiger partial charge in [0.15, 0.2) is 5.78 Å². The number of rotatable bonds is 2. The summed E-state index contributed by atoms with van der Waals surface area (Å²) >= 11 is 1.04. The number of carbonyl (C=O) groups excluding carboxylic acids is 1. The Morgan fingerprint density at radius 3 is 3.00 bits per heavy atom. The molecule has 5 nitrogen and oxygen atoms in total. The zero-order chi connectivity index (χ0) is 10.8. The summed E-state index contributed by atoms with van der Waals surface area (Å²) in [6.45, 7) is 0. The molecule has 0 bridgehead atoms. The fourth-order valence-corrected chi connectivity index (χ4v) is 2.08. The van der Waals surface area contributed by atoms with Gasteiger partial charge in [0, 0.05) is 23.1 Å². The molecule has 0 N–H and O–H groups in total. The summed E-state index contributed by atoms with van der Waals surface area (Å²) in [5.41, 5.74) is 0.685. The van der Waals surface area contributed by atoms with Crippen molar-refractivity contribution in [3.8, 4) is 0 Å². The van der Waals surface area contributed by atoms with E-state index in [0.717, 1.165) is 11.3 Å². The topological polar surface area (TPSA) is 69.4 Å². The van der Waals surface area contributed by atoms with Crippen molar-refractivity contribution in [3.05, 3.63) is 39.5 Å². The highest BCUT2D eigenvalue weighted by atomic mass is 32.1. The number of ether oxygens (including phenoxy) is 1. The van der Waals surface area contributed by atoms with Gasteiger partial charge in [0.2, 0.25) is 0 Å². The second kappa shape index (κ2) is 3.82. The average Bonchev–Trinajstić information content (AvgIpc) is 2.66. The summed E-state index contributed by atoms with van der Waals surface area (Å²) < 4.78 is 5.21. The third kappa shape index (κ3) is 2.04. The van der Waals surface area contributed by atoms with Gasteiger partial charge in [-0.15, -0.1) is 0 Å². The third-order valence-electron chi connectivity index (χ3n) is 2.04. The van der Waals surface area contributed by atoms with Gasteiger partial charge < -0.3 is 4.74 Å². The van der Waals surface area contributed by atoms with Crippen molar-refractivity contribution in [2.75, 3.05) is 0 Å². The van der Waals surface area contributed by atoms with E-state index in [-0.39, 0.29) is 23.3 Å². The number of hydrogen-bond acceptors (Lipinski definition) is 5. The number of carbonyl (C=O) groups is 1. The lowest BCUT2D eigenvalue weighted by molar-refractivity contribution is -0.380. The van der Waals surface area contributed by atoms with Crippen molar-refractivity contribution in [1.29, 1.82) is 0 Å². The summed E-state index contributed by atoms with van der Waals surface area (Å²) in [5.74, 6) is -0.0277. The molecule has 2 rings (SSSR count). The highest BCUT2D eigenvalue weighted by Gasteiger charge is 2.22. The van der Waals surface area contributed by atoms with Gasteiger partial charge in [-0.2, -0.15) is 0 Å². The predicted molar refractivity (Wildman–Crippen MR) is 53.6 cm³/mol. The van der Waals surface area contributed by atoms with Gasteiger partial charge in [-0.1, -0.05) is 11.3 Å². The average molecular weight is 225 g/mol. The Balaban J connectivity index is 2.19.